The highest BCUT2D eigenvalue weighted by atomic mass is 35.5. The van der Waals surface area contributed by atoms with Crippen molar-refractivity contribution in [1.82, 2.24) is 9.97 Å². The lowest BCUT2D eigenvalue weighted by molar-refractivity contribution is -0.141. The maximum absolute atomic E-state index is 11.4. The smallest absolute Gasteiger partial charge is 0.328 e. The predicted octanol–water partition coefficient (Wildman–Crippen LogP) is 2.77. The van der Waals surface area contributed by atoms with E-state index >= 15 is 0 Å². The normalized spacial score (nSPS) is 11.8. The third-order valence-corrected chi connectivity index (χ3v) is 2.84. The van der Waals surface area contributed by atoms with Crippen LogP contribution in [0.4, 0.5) is 5.82 Å². The van der Waals surface area contributed by atoms with E-state index < -0.39 is 6.04 Å². The standard InChI is InChI=1S/C14H14ClN3O2/c1-9(14(19)20-2)16-12-8-11(15)17-13(18-12)10-6-4-3-5-7-10/h3-9H,1-2H3,(H,16,17,18). The lowest BCUT2D eigenvalue weighted by atomic mass is 10.2. The van der Waals surface area contributed by atoms with Crippen molar-refractivity contribution in [1.29, 1.82) is 0 Å². The van der Waals surface area contributed by atoms with E-state index in [4.69, 9.17) is 11.6 Å². The van der Waals surface area contributed by atoms with E-state index in [0.29, 0.717) is 16.8 Å². The first-order valence-corrected chi connectivity index (χ1v) is 6.42. The number of carbonyl (C=O) groups excluding carboxylic acids is 1. The van der Waals surface area contributed by atoms with Crippen LogP contribution in [0.1, 0.15) is 6.92 Å². The molecule has 0 aliphatic heterocycles. The van der Waals surface area contributed by atoms with Crippen molar-refractivity contribution < 1.29 is 9.53 Å². The number of esters is 1. The van der Waals surface area contributed by atoms with Crippen LogP contribution in [0, 0.1) is 0 Å². The molecule has 0 amide bonds. The fourth-order valence-electron chi connectivity index (χ4n) is 1.67. The van der Waals surface area contributed by atoms with Gasteiger partial charge in [-0.05, 0) is 6.92 Å². The molecule has 1 aromatic carbocycles. The Morgan fingerprint density at radius 1 is 1.30 bits per heavy atom. The molecule has 104 valence electrons. The minimum absolute atomic E-state index is 0.304. The topological polar surface area (TPSA) is 64.1 Å². The Labute approximate surface area is 122 Å². The van der Waals surface area contributed by atoms with E-state index in [-0.39, 0.29) is 5.97 Å². The SMILES string of the molecule is COC(=O)C(C)Nc1cc(Cl)nc(-c2ccccc2)n1. The van der Waals surface area contributed by atoms with Crippen LogP contribution in [0.2, 0.25) is 5.15 Å². The van der Waals surface area contributed by atoms with Gasteiger partial charge in [0.25, 0.3) is 0 Å². The quantitative estimate of drug-likeness (QED) is 0.693. The Morgan fingerprint density at radius 2 is 2.00 bits per heavy atom. The van der Waals surface area contributed by atoms with Gasteiger partial charge in [0, 0.05) is 11.6 Å². The van der Waals surface area contributed by atoms with Crippen LogP contribution in [0.25, 0.3) is 11.4 Å². The number of nitrogens with one attached hydrogen (secondary N) is 1. The highest BCUT2D eigenvalue weighted by Gasteiger charge is 2.14. The van der Waals surface area contributed by atoms with E-state index in [1.807, 2.05) is 30.3 Å². The summed E-state index contributed by atoms with van der Waals surface area (Å²) in [4.78, 5) is 19.9. The molecule has 6 heteroatoms. The zero-order valence-electron chi connectivity index (χ0n) is 11.1. The summed E-state index contributed by atoms with van der Waals surface area (Å²) in [6.07, 6.45) is 0. The van der Waals surface area contributed by atoms with Crippen LogP contribution >= 0.6 is 11.6 Å². The van der Waals surface area contributed by atoms with Crippen molar-refractivity contribution in [2.24, 2.45) is 0 Å². The van der Waals surface area contributed by atoms with Gasteiger partial charge in [0.05, 0.1) is 7.11 Å². The number of hydrogen-bond acceptors (Lipinski definition) is 5. The first-order chi connectivity index (χ1) is 9.60. The molecule has 2 aromatic rings. The van der Waals surface area contributed by atoms with E-state index in [0.717, 1.165) is 5.56 Å². The Balaban J connectivity index is 2.28. The minimum atomic E-state index is -0.519. The summed E-state index contributed by atoms with van der Waals surface area (Å²) >= 11 is 5.99. The van der Waals surface area contributed by atoms with Crippen LogP contribution in [-0.2, 0) is 9.53 Å². The number of rotatable bonds is 4. The number of halogens is 1. The summed E-state index contributed by atoms with van der Waals surface area (Å²) < 4.78 is 4.65. The molecule has 1 atom stereocenters. The molecule has 2 rings (SSSR count). The van der Waals surface area contributed by atoms with Crippen LogP contribution < -0.4 is 5.32 Å². The summed E-state index contributed by atoms with van der Waals surface area (Å²) in [5.74, 6) is 0.598. The van der Waals surface area contributed by atoms with Crippen molar-refractivity contribution >= 4 is 23.4 Å². The van der Waals surface area contributed by atoms with Crippen LogP contribution in [0.3, 0.4) is 0 Å². The van der Waals surface area contributed by atoms with Gasteiger partial charge in [-0.3, -0.25) is 0 Å². The Hall–Kier alpha value is -2.14. The Bertz CT molecular complexity index is 605. The number of anilines is 1. The maximum Gasteiger partial charge on any atom is 0.328 e. The first-order valence-electron chi connectivity index (χ1n) is 6.04. The summed E-state index contributed by atoms with van der Waals surface area (Å²) in [6.45, 7) is 1.68. The number of benzene rings is 1. The van der Waals surface area contributed by atoms with E-state index in [9.17, 15) is 4.79 Å². The third-order valence-electron chi connectivity index (χ3n) is 2.65. The van der Waals surface area contributed by atoms with Gasteiger partial charge >= 0.3 is 5.97 Å². The zero-order chi connectivity index (χ0) is 14.5. The predicted molar refractivity (Wildman–Crippen MR) is 77.6 cm³/mol. The number of methoxy groups -OCH3 is 1. The van der Waals surface area contributed by atoms with E-state index in [2.05, 4.69) is 20.0 Å². The Kier molecular flexibility index (Phi) is 4.53. The van der Waals surface area contributed by atoms with Gasteiger partial charge in [0.2, 0.25) is 0 Å². The number of aromatic nitrogens is 2. The second kappa shape index (κ2) is 6.34. The van der Waals surface area contributed by atoms with Gasteiger partial charge in [-0.15, -0.1) is 0 Å². The largest absolute Gasteiger partial charge is 0.467 e. The molecule has 0 radical (unpaired) electrons. The average molecular weight is 292 g/mol. The molecule has 0 saturated carbocycles. The molecule has 1 heterocycles. The average Bonchev–Trinajstić information content (AvgIpc) is 2.46. The van der Waals surface area contributed by atoms with E-state index in [1.165, 1.54) is 7.11 Å². The second-order valence-corrected chi connectivity index (χ2v) is 4.54. The van der Waals surface area contributed by atoms with Gasteiger partial charge in [-0.1, -0.05) is 41.9 Å². The van der Waals surface area contributed by atoms with Crippen molar-refractivity contribution in [2.45, 2.75) is 13.0 Å². The van der Waals surface area contributed by atoms with Crippen molar-refractivity contribution in [3.63, 3.8) is 0 Å². The molecular formula is C14H14ClN3O2. The molecule has 1 unspecified atom stereocenters. The molecule has 0 spiro atoms. The fraction of sp³-hybridized carbons (Fsp3) is 0.214. The molecule has 1 N–H and O–H groups in total. The molecule has 20 heavy (non-hydrogen) atoms. The lowest BCUT2D eigenvalue weighted by Crippen LogP contribution is -2.27. The molecule has 0 fully saturated rings. The molecule has 5 nitrogen and oxygen atoms in total. The highest BCUT2D eigenvalue weighted by molar-refractivity contribution is 6.29. The summed E-state index contributed by atoms with van der Waals surface area (Å²) in [6, 6.07) is 10.5. The van der Waals surface area contributed by atoms with Gasteiger partial charge < -0.3 is 10.1 Å². The van der Waals surface area contributed by atoms with Crippen LogP contribution in [-0.4, -0.2) is 29.1 Å². The third kappa shape index (κ3) is 3.45. The minimum Gasteiger partial charge on any atom is -0.467 e. The lowest BCUT2D eigenvalue weighted by Gasteiger charge is -2.13. The summed E-state index contributed by atoms with van der Waals surface area (Å²) in [7, 11) is 1.34. The maximum atomic E-state index is 11.4. The van der Waals surface area contributed by atoms with Gasteiger partial charge in [-0.25, -0.2) is 14.8 Å². The zero-order valence-corrected chi connectivity index (χ0v) is 11.9. The molecule has 0 saturated heterocycles. The van der Waals surface area contributed by atoms with Gasteiger partial charge in [0.1, 0.15) is 17.0 Å². The van der Waals surface area contributed by atoms with Crippen molar-refractivity contribution in [3.05, 3.63) is 41.6 Å². The Morgan fingerprint density at radius 3 is 2.65 bits per heavy atom. The number of hydrogen-bond donors (Lipinski definition) is 1. The molecular weight excluding hydrogens is 278 g/mol. The number of ether oxygens (including phenoxy) is 1. The van der Waals surface area contributed by atoms with Gasteiger partial charge in [0.15, 0.2) is 5.82 Å². The van der Waals surface area contributed by atoms with Crippen LogP contribution in [0.5, 0.6) is 0 Å². The second-order valence-electron chi connectivity index (χ2n) is 4.15. The summed E-state index contributed by atoms with van der Waals surface area (Å²) in [5, 5.41) is 3.24. The van der Waals surface area contributed by atoms with Crippen molar-refractivity contribution in [2.75, 3.05) is 12.4 Å². The number of carbonyl (C=O) groups is 1. The first kappa shape index (κ1) is 14.3. The van der Waals surface area contributed by atoms with Crippen molar-refractivity contribution in [3.8, 4) is 11.4 Å². The monoisotopic (exact) mass is 291 g/mol. The molecule has 0 bridgehead atoms. The molecule has 1 aromatic heterocycles. The summed E-state index contributed by atoms with van der Waals surface area (Å²) in [5.41, 5.74) is 0.851. The fourth-order valence-corrected chi connectivity index (χ4v) is 1.85. The number of nitrogens with zero attached hydrogens (tertiary/aromatic N) is 2. The van der Waals surface area contributed by atoms with Crippen LogP contribution in [0.15, 0.2) is 36.4 Å². The molecule has 0 aliphatic carbocycles. The molecule has 0 aliphatic rings. The van der Waals surface area contributed by atoms with Gasteiger partial charge in [-0.2, -0.15) is 0 Å². The van der Waals surface area contributed by atoms with E-state index in [1.54, 1.807) is 13.0 Å². The highest BCUT2D eigenvalue weighted by Crippen LogP contribution is 2.20.